The van der Waals surface area contributed by atoms with Gasteiger partial charge in [0.25, 0.3) is 0 Å². The van der Waals surface area contributed by atoms with E-state index in [9.17, 15) is 9.50 Å². The van der Waals surface area contributed by atoms with Crippen molar-refractivity contribution >= 4 is 0 Å². The quantitative estimate of drug-likeness (QED) is 0.820. The van der Waals surface area contributed by atoms with Crippen molar-refractivity contribution in [3.05, 3.63) is 29.6 Å². The highest BCUT2D eigenvalue weighted by molar-refractivity contribution is 5.28. The van der Waals surface area contributed by atoms with Gasteiger partial charge in [0.2, 0.25) is 0 Å². The Hall–Kier alpha value is -1.13. The molecule has 2 atom stereocenters. The number of ether oxygens (including phenoxy) is 1. The van der Waals surface area contributed by atoms with Crippen LogP contribution in [0.15, 0.2) is 18.2 Å². The number of benzene rings is 1. The van der Waals surface area contributed by atoms with E-state index in [1.54, 1.807) is 19.1 Å². The molecular formula is C13H18FNO2. The van der Waals surface area contributed by atoms with E-state index in [-0.39, 0.29) is 18.5 Å². The molecule has 17 heavy (non-hydrogen) atoms. The summed E-state index contributed by atoms with van der Waals surface area (Å²) in [6.45, 7) is 1.55. The van der Waals surface area contributed by atoms with Gasteiger partial charge in [-0.2, -0.15) is 0 Å². The zero-order valence-electron chi connectivity index (χ0n) is 9.90. The smallest absolute Gasteiger partial charge is 0.137 e. The molecule has 1 aromatic carbocycles. The minimum absolute atomic E-state index is 0.146. The van der Waals surface area contributed by atoms with Crippen LogP contribution < -0.4 is 10.5 Å². The lowest BCUT2D eigenvalue weighted by Crippen LogP contribution is -2.43. The van der Waals surface area contributed by atoms with Gasteiger partial charge in [0.1, 0.15) is 17.7 Å². The fraction of sp³-hybridized carbons (Fsp3) is 0.538. The molecule has 2 rings (SSSR count). The molecule has 3 nitrogen and oxygen atoms in total. The lowest BCUT2D eigenvalue weighted by Gasteiger charge is -2.23. The zero-order valence-corrected chi connectivity index (χ0v) is 9.90. The second-order valence-corrected chi connectivity index (χ2v) is 4.66. The molecule has 1 aliphatic carbocycles. The van der Waals surface area contributed by atoms with Crippen LogP contribution in [0.25, 0.3) is 0 Å². The molecule has 0 heterocycles. The Bertz CT molecular complexity index is 393. The number of hydrogen-bond acceptors (Lipinski definition) is 3. The van der Waals surface area contributed by atoms with Crippen molar-refractivity contribution in [2.24, 2.45) is 11.7 Å². The number of aliphatic hydroxyl groups excluding tert-OH is 1. The van der Waals surface area contributed by atoms with Crippen LogP contribution in [0.2, 0.25) is 0 Å². The summed E-state index contributed by atoms with van der Waals surface area (Å²) < 4.78 is 18.9. The second kappa shape index (κ2) is 5.02. The fourth-order valence-corrected chi connectivity index (χ4v) is 1.84. The van der Waals surface area contributed by atoms with E-state index in [4.69, 9.17) is 10.5 Å². The highest BCUT2D eigenvalue weighted by Crippen LogP contribution is 2.33. The standard InChI is InChI=1S/C13H18FNO2/c1-8-2-5-10(6-11(8)14)17-12(7-16)13(15)9-3-4-9/h2,5-6,9,12-13,16H,3-4,7,15H2,1H3. The Morgan fingerprint density at radius 2 is 2.24 bits per heavy atom. The van der Waals surface area contributed by atoms with E-state index in [1.807, 2.05) is 0 Å². The molecule has 1 saturated carbocycles. The molecule has 0 bridgehead atoms. The molecule has 0 spiro atoms. The molecule has 0 amide bonds. The first-order valence-corrected chi connectivity index (χ1v) is 5.91. The minimum atomic E-state index is -0.454. The summed E-state index contributed by atoms with van der Waals surface area (Å²) in [6.07, 6.45) is 1.72. The molecule has 0 aliphatic heterocycles. The van der Waals surface area contributed by atoms with Gasteiger partial charge in [0, 0.05) is 12.1 Å². The predicted molar refractivity (Wildman–Crippen MR) is 63.3 cm³/mol. The number of nitrogens with two attached hydrogens (primary N) is 1. The second-order valence-electron chi connectivity index (χ2n) is 4.66. The highest BCUT2D eigenvalue weighted by atomic mass is 19.1. The van der Waals surface area contributed by atoms with Gasteiger partial charge in [-0.25, -0.2) is 4.39 Å². The molecule has 1 aliphatic rings. The lowest BCUT2D eigenvalue weighted by atomic mass is 10.1. The van der Waals surface area contributed by atoms with Gasteiger partial charge in [0.05, 0.1) is 6.61 Å². The molecule has 1 fully saturated rings. The molecule has 3 N–H and O–H groups in total. The molecule has 4 heteroatoms. The van der Waals surface area contributed by atoms with Crippen LogP contribution in [0.1, 0.15) is 18.4 Å². The third-order valence-electron chi connectivity index (χ3n) is 3.21. The van der Waals surface area contributed by atoms with E-state index < -0.39 is 6.10 Å². The third-order valence-corrected chi connectivity index (χ3v) is 3.21. The van der Waals surface area contributed by atoms with E-state index in [0.29, 0.717) is 17.2 Å². The van der Waals surface area contributed by atoms with Crippen molar-refractivity contribution in [3.8, 4) is 5.75 Å². The van der Waals surface area contributed by atoms with Crippen molar-refractivity contribution in [2.75, 3.05) is 6.61 Å². The Balaban J connectivity index is 2.04. The van der Waals surface area contributed by atoms with Crippen molar-refractivity contribution < 1.29 is 14.2 Å². The van der Waals surface area contributed by atoms with Crippen molar-refractivity contribution in [1.29, 1.82) is 0 Å². The Morgan fingerprint density at radius 1 is 1.53 bits per heavy atom. The summed E-state index contributed by atoms with van der Waals surface area (Å²) >= 11 is 0. The van der Waals surface area contributed by atoms with Gasteiger partial charge in [-0.05, 0) is 37.3 Å². The number of aryl methyl sites for hydroxylation is 1. The Morgan fingerprint density at radius 3 is 2.76 bits per heavy atom. The summed E-state index contributed by atoms with van der Waals surface area (Å²) in [4.78, 5) is 0. The lowest BCUT2D eigenvalue weighted by molar-refractivity contribution is 0.0879. The molecule has 0 radical (unpaired) electrons. The maximum atomic E-state index is 13.3. The minimum Gasteiger partial charge on any atom is -0.486 e. The van der Waals surface area contributed by atoms with Gasteiger partial charge in [0.15, 0.2) is 0 Å². The average Bonchev–Trinajstić information content (AvgIpc) is 3.13. The van der Waals surface area contributed by atoms with Crippen LogP contribution in [-0.4, -0.2) is 23.9 Å². The zero-order chi connectivity index (χ0) is 12.4. The first-order valence-electron chi connectivity index (χ1n) is 5.91. The summed E-state index contributed by atoms with van der Waals surface area (Å²) in [5.41, 5.74) is 6.54. The highest BCUT2D eigenvalue weighted by Gasteiger charge is 2.34. The molecule has 0 saturated heterocycles. The number of aliphatic hydroxyl groups is 1. The third kappa shape index (κ3) is 2.96. The normalized spacial score (nSPS) is 18.8. The monoisotopic (exact) mass is 239 g/mol. The van der Waals surface area contributed by atoms with Crippen LogP contribution in [-0.2, 0) is 0 Å². The van der Waals surface area contributed by atoms with Crippen LogP contribution in [0, 0.1) is 18.7 Å². The average molecular weight is 239 g/mol. The molecule has 1 aromatic rings. The van der Waals surface area contributed by atoms with E-state index in [1.165, 1.54) is 6.07 Å². The largest absolute Gasteiger partial charge is 0.486 e. The van der Waals surface area contributed by atoms with E-state index in [2.05, 4.69) is 0 Å². The van der Waals surface area contributed by atoms with Crippen molar-refractivity contribution in [3.63, 3.8) is 0 Å². The first-order chi connectivity index (χ1) is 8.11. The van der Waals surface area contributed by atoms with Gasteiger partial charge >= 0.3 is 0 Å². The first kappa shape index (κ1) is 12.3. The SMILES string of the molecule is Cc1ccc(OC(CO)C(N)C2CC2)cc1F. The maximum Gasteiger partial charge on any atom is 0.137 e. The molecule has 94 valence electrons. The summed E-state index contributed by atoms with van der Waals surface area (Å²) in [5, 5.41) is 9.26. The number of halogens is 1. The molecule has 0 aromatic heterocycles. The van der Waals surface area contributed by atoms with Crippen molar-refractivity contribution in [1.82, 2.24) is 0 Å². The van der Waals surface area contributed by atoms with Crippen LogP contribution in [0.3, 0.4) is 0 Å². The fourth-order valence-electron chi connectivity index (χ4n) is 1.84. The van der Waals surface area contributed by atoms with E-state index in [0.717, 1.165) is 12.8 Å². The van der Waals surface area contributed by atoms with Gasteiger partial charge in [-0.1, -0.05) is 6.07 Å². The predicted octanol–water partition coefficient (Wildman–Crippen LogP) is 1.61. The Kier molecular flexibility index (Phi) is 3.64. The topological polar surface area (TPSA) is 55.5 Å². The Labute approximate surface area is 100 Å². The van der Waals surface area contributed by atoms with E-state index >= 15 is 0 Å². The summed E-state index contributed by atoms with van der Waals surface area (Å²) in [5.74, 6) is 0.546. The van der Waals surface area contributed by atoms with Gasteiger partial charge in [-0.3, -0.25) is 0 Å². The summed E-state index contributed by atoms with van der Waals surface area (Å²) in [6, 6.07) is 4.50. The van der Waals surface area contributed by atoms with Gasteiger partial charge in [-0.15, -0.1) is 0 Å². The number of hydrogen-bond donors (Lipinski definition) is 2. The molecule has 2 unspecified atom stereocenters. The van der Waals surface area contributed by atoms with Crippen LogP contribution >= 0.6 is 0 Å². The van der Waals surface area contributed by atoms with Gasteiger partial charge < -0.3 is 15.6 Å². The number of rotatable bonds is 5. The van der Waals surface area contributed by atoms with Crippen molar-refractivity contribution in [2.45, 2.75) is 31.9 Å². The summed E-state index contributed by atoms with van der Waals surface area (Å²) in [7, 11) is 0. The van der Waals surface area contributed by atoms with Crippen LogP contribution in [0.5, 0.6) is 5.75 Å². The maximum absolute atomic E-state index is 13.3. The van der Waals surface area contributed by atoms with Crippen LogP contribution in [0.4, 0.5) is 4.39 Å². The molecular weight excluding hydrogens is 221 g/mol.